The second-order valence-corrected chi connectivity index (χ2v) is 6.14. The molecule has 0 radical (unpaired) electrons. The van der Waals surface area contributed by atoms with Gasteiger partial charge in [0.1, 0.15) is 17.5 Å². The zero-order chi connectivity index (χ0) is 15.3. The van der Waals surface area contributed by atoms with Crippen LogP contribution in [0.15, 0.2) is 18.2 Å². The maximum atomic E-state index is 11.3. The summed E-state index contributed by atoms with van der Waals surface area (Å²) < 4.78 is 11.1. The van der Waals surface area contributed by atoms with Gasteiger partial charge in [-0.2, -0.15) is 0 Å². The molecule has 5 heteroatoms. The Bertz CT molecular complexity index is 472. The van der Waals surface area contributed by atoms with Gasteiger partial charge in [0.25, 0.3) is 0 Å². The lowest BCUT2D eigenvalue weighted by Crippen LogP contribution is -2.34. The molecule has 0 fully saturated rings. The number of rotatable bonds is 6. The molecule has 1 atom stereocenters. The maximum Gasteiger partial charge on any atom is 0.305 e. The van der Waals surface area contributed by atoms with Crippen LogP contribution in [0.5, 0.6) is 5.75 Å². The van der Waals surface area contributed by atoms with Crippen molar-refractivity contribution in [2.75, 3.05) is 0 Å². The van der Waals surface area contributed by atoms with E-state index in [1.807, 2.05) is 20.8 Å². The van der Waals surface area contributed by atoms with Crippen molar-refractivity contribution >= 4 is 29.2 Å². The molecule has 0 spiro atoms. The molecule has 0 heterocycles. The van der Waals surface area contributed by atoms with Crippen LogP contribution in [0.4, 0.5) is 0 Å². The Morgan fingerprint density at radius 2 is 2.00 bits per heavy atom. The van der Waals surface area contributed by atoms with Gasteiger partial charge in [-0.25, -0.2) is 0 Å². The van der Waals surface area contributed by atoms with E-state index in [1.165, 1.54) is 0 Å². The standard InChI is InChI=1S/C15H20Cl2O3/c1-5-14(18)19-10(2)9-15(3,4)20-13-7-6-11(16)8-12(13)17/h6-8,10H,5,9H2,1-4H3. The summed E-state index contributed by atoms with van der Waals surface area (Å²) in [5.41, 5.74) is -0.509. The summed E-state index contributed by atoms with van der Waals surface area (Å²) in [6, 6.07) is 5.09. The molecular formula is C15H20Cl2O3. The van der Waals surface area contributed by atoms with Gasteiger partial charge in [-0.1, -0.05) is 30.1 Å². The van der Waals surface area contributed by atoms with E-state index in [9.17, 15) is 4.79 Å². The molecule has 0 bridgehead atoms. The second kappa shape index (κ2) is 7.19. The summed E-state index contributed by atoms with van der Waals surface area (Å²) in [5, 5.41) is 1.02. The first-order chi connectivity index (χ1) is 9.23. The molecule has 1 aromatic rings. The summed E-state index contributed by atoms with van der Waals surface area (Å²) >= 11 is 11.9. The van der Waals surface area contributed by atoms with Gasteiger partial charge in [0, 0.05) is 17.9 Å². The number of hydrogen-bond acceptors (Lipinski definition) is 3. The van der Waals surface area contributed by atoms with E-state index < -0.39 is 5.60 Å². The quantitative estimate of drug-likeness (QED) is 0.701. The van der Waals surface area contributed by atoms with Crippen molar-refractivity contribution in [2.24, 2.45) is 0 Å². The average molecular weight is 319 g/mol. The highest BCUT2D eigenvalue weighted by molar-refractivity contribution is 6.35. The third-order valence-corrected chi connectivity index (χ3v) is 3.21. The highest BCUT2D eigenvalue weighted by Crippen LogP contribution is 2.31. The fraction of sp³-hybridized carbons (Fsp3) is 0.533. The minimum absolute atomic E-state index is 0.210. The zero-order valence-electron chi connectivity index (χ0n) is 12.2. The molecule has 1 rings (SSSR count). The number of carbonyl (C=O) groups excluding carboxylic acids is 1. The van der Waals surface area contributed by atoms with Crippen LogP contribution in [0.3, 0.4) is 0 Å². The van der Waals surface area contributed by atoms with Gasteiger partial charge >= 0.3 is 5.97 Å². The minimum Gasteiger partial charge on any atom is -0.486 e. The summed E-state index contributed by atoms with van der Waals surface area (Å²) in [4.78, 5) is 11.3. The predicted octanol–water partition coefficient (Wildman–Crippen LogP) is 4.88. The molecule has 0 amide bonds. The maximum absolute atomic E-state index is 11.3. The number of hydrogen-bond donors (Lipinski definition) is 0. The van der Waals surface area contributed by atoms with E-state index in [0.29, 0.717) is 28.6 Å². The first-order valence-electron chi connectivity index (χ1n) is 6.57. The number of esters is 1. The van der Waals surface area contributed by atoms with Gasteiger partial charge in [0.15, 0.2) is 0 Å². The number of ether oxygens (including phenoxy) is 2. The highest BCUT2D eigenvalue weighted by Gasteiger charge is 2.25. The molecule has 0 N–H and O–H groups in total. The first-order valence-corrected chi connectivity index (χ1v) is 7.32. The molecule has 3 nitrogen and oxygen atoms in total. The van der Waals surface area contributed by atoms with E-state index in [4.69, 9.17) is 32.7 Å². The lowest BCUT2D eigenvalue weighted by atomic mass is 10.0. The predicted molar refractivity (Wildman–Crippen MR) is 81.6 cm³/mol. The molecule has 0 aromatic heterocycles. The SMILES string of the molecule is CCC(=O)OC(C)CC(C)(C)Oc1ccc(Cl)cc1Cl. The largest absolute Gasteiger partial charge is 0.486 e. The van der Waals surface area contributed by atoms with Gasteiger partial charge < -0.3 is 9.47 Å². The van der Waals surface area contributed by atoms with E-state index in [1.54, 1.807) is 25.1 Å². The molecule has 1 aromatic carbocycles. The highest BCUT2D eigenvalue weighted by atomic mass is 35.5. The van der Waals surface area contributed by atoms with Crippen LogP contribution in [-0.4, -0.2) is 17.7 Å². The molecule has 1 unspecified atom stereocenters. The Hall–Kier alpha value is -0.930. The molecule has 0 aliphatic rings. The Morgan fingerprint density at radius 1 is 1.35 bits per heavy atom. The lowest BCUT2D eigenvalue weighted by Gasteiger charge is -2.29. The van der Waals surface area contributed by atoms with Crippen LogP contribution in [0.25, 0.3) is 0 Å². The summed E-state index contributed by atoms with van der Waals surface area (Å²) in [6.07, 6.45) is 0.718. The van der Waals surface area contributed by atoms with Gasteiger partial charge in [-0.15, -0.1) is 0 Å². The molecular weight excluding hydrogens is 299 g/mol. The number of carbonyl (C=O) groups is 1. The van der Waals surface area contributed by atoms with Crippen molar-refractivity contribution in [2.45, 2.75) is 52.2 Å². The molecule has 112 valence electrons. The second-order valence-electron chi connectivity index (χ2n) is 5.29. The monoisotopic (exact) mass is 318 g/mol. The van der Waals surface area contributed by atoms with Gasteiger partial charge in [0.2, 0.25) is 0 Å². The lowest BCUT2D eigenvalue weighted by molar-refractivity contribution is -0.149. The van der Waals surface area contributed by atoms with Gasteiger partial charge in [-0.3, -0.25) is 4.79 Å². The van der Waals surface area contributed by atoms with Crippen LogP contribution in [0, 0.1) is 0 Å². The van der Waals surface area contributed by atoms with Crippen molar-refractivity contribution < 1.29 is 14.3 Å². The summed E-state index contributed by atoms with van der Waals surface area (Å²) in [7, 11) is 0. The minimum atomic E-state index is -0.509. The van der Waals surface area contributed by atoms with Gasteiger partial charge in [0.05, 0.1) is 5.02 Å². The fourth-order valence-corrected chi connectivity index (χ4v) is 2.39. The molecule has 0 saturated heterocycles. The van der Waals surface area contributed by atoms with E-state index in [0.717, 1.165) is 0 Å². The molecule has 0 saturated carbocycles. The Kier molecular flexibility index (Phi) is 6.15. The smallest absolute Gasteiger partial charge is 0.305 e. The topological polar surface area (TPSA) is 35.5 Å². The molecule has 0 aliphatic heterocycles. The van der Waals surface area contributed by atoms with E-state index in [-0.39, 0.29) is 12.1 Å². The molecule has 20 heavy (non-hydrogen) atoms. The summed E-state index contributed by atoms with van der Waals surface area (Å²) in [5.74, 6) is 0.355. The van der Waals surface area contributed by atoms with Crippen molar-refractivity contribution in [1.82, 2.24) is 0 Å². The summed E-state index contributed by atoms with van der Waals surface area (Å²) in [6.45, 7) is 7.47. The van der Waals surface area contributed by atoms with Crippen molar-refractivity contribution in [3.63, 3.8) is 0 Å². The van der Waals surface area contributed by atoms with Crippen molar-refractivity contribution in [1.29, 1.82) is 0 Å². The normalized spacial score (nSPS) is 12.9. The number of benzene rings is 1. The van der Waals surface area contributed by atoms with Crippen LogP contribution >= 0.6 is 23.2 Å². The van der Waals surface area contributed by atoms with Crippen LogP contribution < -0.4 is 4.74 Å². The number of halogens is 2. The van der Waals surface area contributed by atoms with E-state index in [2.05, 4.69) is 0 Å². The molecule has 0 aliphatic carbocycles. The first kappa shape index (κ1) is 17.1. The van der Waals surface area contributed by atoms with Gasteiger partial charge in [-0.05, 0) is 39.0 Å². The van der Waals surface area contributed by atoms with Crippen LogP contribution in [-0.2, 0) is 9.53 Å². The van der Waals surface area contributed by atoms with Crippen molar-refractivity contribution in [3.8, 4) is 5.75 Å². The Balaban J connectivity index is 2.66. The Labute approximate surface area is 130 Å². The third kappa shape index (κ3) is 5.59. The Morgan fingerprint density at radius 3 is 2.55 bits per heavy atom. The zero-order valence-corrected chi connectivity index (χ0v) is 13.7. The van der Waals surface area contributed by atoms with E-state index >= 15 is 0 Å². The fourth-order valence-electron chi connectivity index (χ4n) is 1.94. The van der Waals surface area contributed by atoms with Crippen molar-refractivity contribution in [3.05, 3.63) is 28.2 Å². The third-order valence-electron chi connectivity index (χ3n) is 2.68. The van der Waals surface area contributed by atoms with Crippen LogP contribution in [0.2, 0.25) is 10.0 Å². The van der Waals surface area contributed by atoms with Crippen LogP contribution in [0.1, 0.15) is 40.5 Å². The average Bonchev–Trinajstić information content (AvgIpc) is 2.31.